The summed E-state index contributed by atoms with van der Waals surface area (Å²) in [5, 5.41) is 0. The molecular weight excluding hydrogens is 248 g/mol. The zero-order valence-corrected chi connectivity index (χ0v) is 11.1. The molecule has 0 spiro atoms. The minimum absolute atomic E-state index is 0.150. The summed E-state index contributed by atoms with van der Waals surface area (Å²) in [5.74, 6) is 0. The normalized spacial score (nSPS) is 10.4. The van der Waals surface area contributed by atoms with Crippen molar-refractivity contribution in [2.75, 3.05) is 0 Å². The molecule has 1 aromatic heterocycles. The van der Waals surface area contributed by atoms with Gasteiger partial charge in [0.25, 0.3) is 5.56 Å². The Hall–Kier alpha value is -2.68. The molecule has 3 rings (SSSR count). The molecule has 0 saturated heterocycles. The third-order valence-corrected chi connectivity index (χ3v) is 3.19. The average molecular weight is 262 g/mol. The number of aromatic amines is 1. The summed E-state index contributed by atoms with van der Waals surface area (Å²) >= 11 is 0. The fourth-order valence-corrected chi connectivity index (χ4v) is 2.16. The minimum atomic E-state index is -0.150. The second kappa shape index (κ2) is 5.13. The molecule has 0 atom stereocenters. The molecule has 1 heterocycles. The molecule has 0 saturated carbocycles. The van der Waals surface area contributed by atoms with Crippen molar-refractivity contribution >= 4 is 0 Å². The number of aromatic nitrogens is 2. The smallest absolute Gasteiger partial charge is 0.269 e. The van der Waals surface area contributed by atoms with Crippen molar-refractivity contribution in [3.05, 3.63) is 76.7 Å². The van der Waals surface area contributed by atoms with E-state index in [0.29, 0.717) is 5.69 Å². The fraction of sp³-hybridized carbons (Fsp3) is 0.0588. The summed E-state index contributed by atoms with van der Waals surface area (Å²) in [5.41, 5.74) is 3.83. The maximum atomic E-state index is 11.9. The third kappa shape index (κ3) is 2.26. The second-order valence-corrected chi connectivity index (χ2v) is 4.61. The molecule has 98 valence electrons. The number of benzene rings is 2. The third-order valence-electron chi connectivity index (χ3n) is 3.19. The Labute approximate surface area is 117 Å². The number of rotatable bonds is 2. The highest BCUT2D eigenvalue weighted by atomic mass is 16.1. The first-order valence-electron chi connectivity index (χ1n) is 6.47. The Morgan fingerprint density at radius 2 is 1.40 bits per heavy atom. The van der Waals surface area contributed by atoms with Crippen LogP contribution in [0.5, 0.6) is 0 Å². The topological polar surface area (TPSA) is 45.8 Å². The predicted molar refractivity (Wildman–Crippen MR) is 80.5 cm³/mol. The van der Waals surface area contributed by atoms with Crippen molar-refractivity contribution in [3.63, 3.8) is 0 Å². The van der Waals surface area contributed by atoms with E-state index >= 15 is 0 Å². The van der Waals surface area contributed by atoms with Gasteiger partial charge in [-0.1, -0.05) is 60.7 Å². The van der Waals surface area contributed by atoms with Crippen molar-refractivity contribution in [2.24, 2.45) is 0 Å². The molecular formula is C17H14N2O. The van der Waals surface area contributed by atoms with E-state index in [9.17, 15) is 4.79 Å². The van der Waals surface area contributed by atoms with E-state index in [1.165, 1.54) is 0 Å². The van der Waals surface area contributed by atoms with Crippen LogP contribution in [0, 0.1) is 6.92 Å². The summed E-state index contributed by atoms with van der Waals surface area (Å²) < 4.78 is 0. The lowest BCUT2D eigenvalue weighted by Gasteiger charge is -2.09. The lowest BCUT2D eigenvalue weighted by Crippen LogP contribution is -2.14. The molecule has 0 fully saturated rings. The van der Waals surface area contributed by atoms with Crippen LogP contribution in [0.4, 0.5) is 0 Å². The van der Waals surface area contributed by atoms with Gasteiger partial charge in [0.15, 0.2) is 0 Å². The predicted octanol–water partition coefficient (Wildman–Crippen LogP) is 3.41. The fourth-order valence-electron chi connectivity index (χ4n) is 2.16. The molecule has 2 aromatic carbocycles. The summed E-state index contributed by atoms with van der Waals surface area (Å²) in [6.45, 7) is 1.72. The van der Waals surface area contributed by atoms with Gasteiger partial charge in [-0.25, -0.2) is 4.98 Å². The highest BCUT2D eigenvalue weighted by Gasteiger charge is 2.11. The van der Waals surface area contributed by atoms with Gasteiger partial charge in [0.05, 0.1) is 11.4 Å². The zero-order chi connectivity index (χ0) is 13.9. The largest absolute Gasteiger partial charge is 0.319 e. The molecule has 0 aliphatic heterocycles. The highest BCUT2D eigenvalue weighted by molar-refractivity contribution is 5.77. The first kappa shape index (κ1) is 12.4. The van der Waals surface area contributed by atoms with Crippen LogP contribution in [0.25, 0.3) is 22.5 Å². The van der Waals surface area contributed by atoms with E-state index in [4.69, 9.17) is 0 Å². The standard InChI is InChI=1S/C17H14N2O/c1-12-17(20)19-16(14-10-6-3-7-11-14)15(18-12)13-8-4-2-5-9-13/h2-11H,1H3,(H,19,20). The molecule has 0 bridgehead atoms. The van der Waals surface area contributed by atoms with Crippen molar-refractivity contribution in [3.8, 4) is 22.5 Å². The Morgan fingerprint density at radius 3 is 2.00 bits per heavy atom. The molecule has 1 N–H and O–H groups in total. The number of H-pyrrole nitrogens is 1. The summed E-state index contributed by atoms with van der Waals surface area (Å²) in [6, 6.07) is 19.7. The van der Waals surface area contributed by atoms with Crippen LogP contribution < -0.4 is 5.56 Å². The summed E-state index contributed by atoms with van der Waals surface area (Å²) in [7, 11) is 0. The minimum Gasteiger partial charge on any atom is -0.319 e. The van der Waals surface area contributed by atoms with Gasteiger partial charge >= 0.3 is 0 Å². The van der Waals surface area contributed by atoms with Crippen molar-refractivity contribution in [1.82, 2.24) is 9.97 Å². The first-order chi connectivity index (χ1) is 9.75. The Balaban J connectivity index is 2.29. The number of aryl methyl sites for hydroxylation is 1. The highest BCUT2D eigenvalue weighted by Crippen LogP contribution is 2.27. The molecule has 0 amide bonds. The molecule has 3 aromatic rings. The molecule has 0 unspecified atom stereocenters. The van der Waals surface area contributed by atoms with Crippen LogP contribution in [0.2, 0.25) is 0 Å². The number of nitrogens with one attached hydrogen (secondary N) is 1. The van der Waals surface area contributed by atoms with Crippen LogP contribution in [-0.4, -0.2) is 9.97 Å². The van der Waals surface area contributed by atoms with Gasteiger partial charge in [-0.05, 0) is 6.92 Å². The lowest BCUT2D eigenvalue weighted by atomic mass is 10.0. The molecule has 3 nitrogen and oxygen atoms in total. The Kier molecular flexibility index (Phi) is 3.17. The average Bonchev–Trinajstić information content (AvgIpc) is 2.51. The Morgan fingerprint density at radius 1 is 0.850 bits per heavy atom. The SMILES string of the molecule is Cc1nc(-c2ccccc2)c(-c2ccccc2)[nH]c1=O. The van der Waals surface area contributed by atoms with Crippen molar-refractivity contribution in [1.29, 1.82) is 0 Å². The van der Waals surface area contributed by atoms with E-state index in [-0.39, 0.29) is 5.56 Å². The van der Waals surface area contributed by atoms with E-state index < -0.39 is 0 Å². The van der Waals surface area contributed by atoms with E-state index in [1.54, 1.807) is 6.92 Å². The quantitative estimate of drug-likeness (QED) is 0.769. The maximum absolute atomic E-state index is 11.9. The number of hydrogen-bond acceptors (Lipinski definition) is 2. The first-order valence-corrected chi connectivity index (χ1v) is 6.47. The lowest BCUT2D eigenvalue weighted by molar-refractivity contribution is 1.07. The molecule has 20 heavy (non-hydrogen) atoms. The van der Waals surface area contributed by atoms with Gasteiger partial charge in [0, 0.05) is 11.1 Å². The molecule has 0 aliphatic carbocycles. The van der Waals surface area contributed by atoms with Gasteiger partial charge in [-0.15, -0.1) is 0 Å². The van der Waals surface area contributed by atoms with Crippen molar-refractivity contribution in [2.45, 2.75) is 6.92 Å². The van der Waals surface area contributed by atoms with Crippen molar-refractivity contribution < 1.29 is 0 Å². The molecule has 0 aliphatic rings. The molecule has 0 radical (unpaired) electrons. The summed E-state index contributed by atoms with van der Waals surface area (Å²) in [6.07, 6.45) is 0. The van der Waals surface area contributed by atoms with Gasteiger partial charge in [0.2, 0.25) is 0 Å². The van der Waals surface area contributed by atoms with E-state index in [0.717, 1.165) is 22.5 Å². The second-order valence-electron chi connectivity index (χ2n) is 4.61. The molecule has 3 heteroatoms. The Bertz CT molecular complexity index is 777. The van der Waals surface area contributed by atoms with Crippen LogP contribution in [0.15, 0.2) is 65.5 Å². The summed E-state index contributed by atoms with van der Waals surface area (Å²) in [4.78, 5) is 19.3. The number of nitrogens with zero attached hydrogens (tertiary/aromatic N) is 1. The van der Waals surface area contributed by atoms with Crippen LogP contribution in [0.1, 0.15) is 5.69 Å². The van der Waals surface area contributed by atoms with E-state index in [1.807, 2.05) is 60.7 Å². The van der Waals surface area contributed by atoms with Gasteiger partial charge in [0.1, 0.15) is 5.69 Å². The monoisotopic (exact) mass is 262 g/mol. The van der Waals surface area contributed by atoms with Crippen LogP contribution >= 0.6 is 0 Å². The van der Waals surface area contributed by atoms with Crippen LogP contribution in [-0.2, 0) is 0 Å². The van der Waals surface area contributed by atoms with Gasteiger partial charge in [-0.2, -0.15) is 0 Å². The van der Waals surface area contributed by atoms with E-state index in [2.05, 4.69) is 9.97 Å². The van der Waals surface area contributed by atoms with Gasteiger partial charge < -0.3 is 4.98 Å². The zero-order valence-electron chi connectivity index (χ0n) is 11.1. The van der Waals surface area contributed by atoms with Crippen LogP contribution in [0.3, 0.4) is 0 Å². The van der Waals surface area contributed by atoms with Gasteiger partial charge in [-0.3, -0.25) is 4.79 Å². The maximum Gasteiger partial charge on any atom is 0.269 e. The number of hydrogen-bond donors (Lipinski definition) is 1.